The zero-order chi connectivity index (χ0) is 15.7. The van der Waals surface area contributed by atoms with Gasteiger partial charge in [0.1, 0.15) is 0 Å². The van der Waals surface area contributed by atoms with Crippen LogP contribution in [0.4, 0.5) is 0 Å². The first kappa shape index (κ1) is 15.2. The Kier molecular flexibility index (Phi) is 4.14. The van der Waals surface area contributed by atoms with E-state index in [2.05, 4.69) is 40.5 Å². The van der Waals surface area contributed by atoms with Crippen molar-refractivity contribution in [3.05, 3.63) is 35.9 Å². The number of amides is 1. The second kappa shape index (κ2) is 6.27. The number of nitrogens with zero attached hydrogens (tertiary/aromatic N) is 1. The molecule has 3 aliphatic rings. The molecule has 23 heavy (non-hydrogen) atoms. The van der Waals surface area contributed by atoms with Gasteiger partial charge in [0.15, 0.2) is 0 Å². The third kappa shape index (κ3) is 2.91. The van der Waals surface area contributed by atoms with Crippen LogP contribution in [0.15, 0.2) is 30.3 Å². The summed E-state index contributed by atoms with van der Waals surface area (Å²) >= 11 is 0. The predicted molar refractivity (Wildman–Crippen MR) is 92.1 cm³/mol. The molecule has 3 heteroatoms. The van der Waals surface area contributed by atoms with Gasteiger partial charge in [-0.1, -0.05) is 36.8 Å². The lowest BCUT2D eigenvalue weighted by Gasteiger charge is -2.43. The Morgan fingerprint density at radius 2 is 1.74 bits per heavy atom. The van der Waals surface area contributed by atoms with Crippen LogP contribution < -0.4 is 5.32 Å². The highest BCUT2D eigenvalue weighted by atomic mass is 16.2. The number of rotatable bonds is 3. The molecular formula is C20H28N2O. The van der Waals surface area contributed by atoms with E-state index in [0.717, 1.165) is 57.3 Å². The minimum atomic E-state index is -0.0982. The second-order valence-electron chi connectivity index (χ2n) is 7.84. The maximum atomic E-state index is 13.3. The van der Waals surface area contributed by atoms with E-state index in [1.54, 1.807) is 0 Å². The smallest absolute Gasteiger partial charge is 0.229 e. The molecule has 1 aromatic rings. The van der Waals surface area contributed by atoms with Gasteiger partial charge in [0.25, 0.3) is 0 Å². The van der Waals surface area contributed by atoms with Crippen LogP contribution in [0, 0.1) is 17.3 Å². The van der Waals surface area contributed by atoms with E-state index in [4.69, 9.17) is 0 Å². The normalized spacial score (nSPS) is 29.5. The molecule has 0 spiro atoms. The van der Waals surface area contributed by atoms with Gasteiger partial charge in [0, 0.05) is 13.1 Å². The molecular weight excluding hydrogens is 284 g/mol. The molecule has 0 bridgehead atoms. The van der Waals surface area contributed by atoms with Crippen LogP contribution in [-0.2, 0) is 11.2 Å². The van der Waals surface area contributed by atoms with Crippen molar-refractivity contribution in [2.75, 3.05) is 26.2 Å². The van der Waals surface area contributed by atoms with Crippen molar-refractivity contribution in [1.29, 1.82) is 0 Å². The van der Waals surface area contributed by atoms with Crippen molar-refractivity contribution >= 4 is 5.91 Å². The number of hydrogen-bond acceptors (Lipinski definition) is 2. The van der Waals surface area contributed by atoms with E-state index in [9.17, 15) is 4.79 Å². The molecule has 2 heterocycles. The lowest BCUT2D eigenvalue weighted by atomic mass is 9.64. The number of hydrogen-bond donors (Lipinski definition) is 1. The Balaban J connectivity index is 1.46. The first-order valence-electron chi connectivity index (χ1n) is 9.31. The van der Waals surface area contributed by atoms with E-state index >= 15 is 0 Å². The zero-order valence-corrected chi connectivity index (χ0v) is 14.0. The van der Waals surface area contributed by atoms with E-state index in [1.165, 1.54) is 24.8 Å². The van der Waals surface area contributed by atoms with Gasteiger partial charge in [-0.25, -0.2) is 0 Å². The van der Waals surface area contributed by atoms with Gasteiger partial charge >= 0.3 is 0 Å². The molecule has 1 saturated carbocycles. The van der Waals surface area contributed by atoms with Crippen molar-refractivity contribution in [2.45, 2.75) is 38.5 Å². The third-order valence-electron chi connectivity index (χ3n) is 6.46. The van der Waals surface area contributed by atoms with Crippen molar-refractivity contribution in [1.82, 2.24) is 10.2 Å². The standard InChI is InChI=1S/C20H28N2O/c23-19(22-11-7-17-14-21-15-18(17)8-12-22)20(9-4-10-20)13-16-5-2-1-3-6-16/h1-3,5-6,17-18,21H,4,7-15H2/t17-,18+. The van der Waals surface area contributed by atoms with Crippen LogP contribution in [0.3, 0.4) is 0 Å². The summed E-state index contributed by atoms with van der Waals surface area (Å²) in [6, 6.07) is 10.6. The maximum Gasteiger partial charge on any atom is 0.229 e. The summed E-state index contributed by atoms with van der Waals surface area (Å²) in [6.07, 6.45) is 6.66. The molecule has 1 aliphatic carbocycles. The van der Waals surface area contributed by atoms with E-state index in [-0.39, 0.29) is 5.41 Å². The first-order valence-corrected chi connectivity index (χ1v) is 9.31. The molecule has 0 radical (unpaired) electrons. The van der Waals surface area contributed by atoms with E-state index in [0.29, 0.717) is 5.91 Å². The SMILES string of the molecule is O=C(N1CC[C@@H]2CNC[C@@H]2CC1)C1(Cc2ccccc2)CCC1. The molecule has 124 valence electrons. The lowest BCUT2D eigenvalue weighted by molar-refractivity contribution is -0.147. The summed E-state index contributed by atoms with van der Waals surface area (Å²) in [4.78, 5) is 15.5. The van der Waals surface area contributed by atoms with Crippen LogP contribution in [0.1, 0.15) is 37.7 Å². The number of nitrogens with one attached hydrogen (secondary N) is 1. The Morgan fingerprint density at radius 3 is 2.30 bits per heavy atom. The predicted octanol–water partition coefficient (Wildman–Crippen LogP) is 2.86. The summed E-state index contributed by atoms with van der Waals surface area (Å²) in [7, 11) is 0. The van der Waals surface area contributed by atoms with Gasteiger partial charge in [-0.3, -0.25) is 4.79 Å². The molecule has 2 aliphatic heterocycles. The first-order chi connectivity index (χ1) is 11.3. The van der Waals surface area contributed by atoms with Gasteiger partial charge in [0.2, 0.25) is 5.91 Å². The van der Waals surface area contributed by atoms with Gasteiger partial charge in [-0.2, -0.15) is 0 Å². The third-order valence-corrected chi connectivity index (χ3v) is 6.46. The summed E-state index contributed by atoms with van der Waals surface area (Å²) < 4.78 is 0. The number of likely N-dealkylation sites (tertiary alicyclic amines) is 1. The Bertz CT molecular complexity index is 538. The van der Waals surface area contributed by atoms with Crippen molar-refractivity contribution in [3.63, 3.8) is 0 Å². The van der Waals surface area contributed by atoms with Crippen LogP contribution in [-0.4, -0.2) is 37.0 Å². The maximum absolute atomic E-state index is 13.3. The van der Waals surface area contributed by atoms with Crippen molar-refractivity contribution in [2.24, 2.45) is 17.3 Å². The molecule has 1 amide bonds. The Labute approximate surface area is 139 Å². The second-order valence-corrected chi connectivity index (χ2v) is 7.84. The summed E-state index contributed by atoms with van der Waals surface area (Å²) in [5.74, 6) is 2.03. The highest BCUT2D eigenvalue weighted by molar-refractivity contribution is 5.84. The van der Waals surface area contributed by atoms with Crippen LogP contribution in [0.25, 0.3) is 0 Å². The molecule has 0 aromatic heterocycles. The molecule has 2 saturated heterocycles. The quantitative estimate of drug-likeness (QED) is 0.931. The number of carbonyl (C=O) groups is 1. The number of carbonyl (C=O) groups excluding carboxylic acids is 1. The highest BCUT2D eigenvalue weighted by Gasteiger charge is 2.46. The average Bonchev–Trinajstić information content (AvgIpc) is 2.90. The molecule has 3 fully saturated rings. The fraction of sp³-hybridized carbons (Fsp3) is 0.650. The minimum absolute atomic E-state index is 0.0982. The van der Waals surface area contributed by atoms with Gasteiger partial charge < -0.3 is 10.2 Å². The monoisotopic (exact) mass is 312 g/mol. The van der Waals surface area contributed by atoms with Crippen molar-refractivity contribution < 1.29 is 4.79 Å². The molecule has 3 nitrogen and oxygen atoms in total. The highest BCUT2D eigenvalue weighted by Crippen LogP contribution is 2.45. The van der Waals surface area contributed by atoms with E-state index < -0.39 is 0 Å². The van der Waals surface area contributed by atoms with Gasteiger partial charge in [-0.05, 0) is 62.6 Å². The van der Waals surface area contributed by atoms with Crippen LogP contribution in [0.5, 0.6) is 0 Å². The van der Waals surface area contributed by atoms with Crippen molar-refractivity contribution in [3.8, 4) is 0 Å². The number of fused-ring (bicyclic) bond motifs is 1. The van der Waals surface area contributed by atoms with Crippen LogP contribution >= 0.6 is 0 Å². The summed E-state index contributed by atoms with van der Waals surface area (Å²) in [5, 5.41) is 3.52. The Morgan fingerprint density at radius 1 is 1.09 bits per heavy atom. The topological polar surface area (TPSA) is 32.3 Å². The largest absolute Gasteiger partial charge is 0.342 e. The lowest BCUT2D eigenvalue weighted by Crippen LogP contribution is -2.49. The molecule has 1 N–H and O–H groups in total. The van der Waals surface area contributed by atoms with Gasteiger partial charge in [-0.15, -0.1) is 0 Å². The Hall–Kier alpha value is -1.35. The molecule has 0 unspecified atom stereocenters. The van der Waals surface area contributed by atoms with Crippen LogP contribution in [0.2, 0.25) is 0 Å². The summed E-state index contributed by atoms with van der Waals surface area (Å²) in [6.45, 7) is 4.25. The fourth-order valence-electron chi connectivity index (χ4n) is 4.81. The van der Waals surface area contributed by atoms with E-state index in [1.807, 2.05) is 0 Å². The molecule has 1 aromatic carbocycles. The fourth-order valence-corrected chi connectivity index (χ4v) is 4.81. The molecule has 4 rings (SSSR count). The zero-order valence-electron chi connectivity index (χ0n) is 14.0. The van der Waals surface area contributed by atoms with Gasteiger partial charge in [0.05, 0.1) is 5.41 Å². The summed E-state index contributed by atoms with van der Waals surface area (Å²) in [5.41, 5.74) is 1.22. The number of benzene rings is 1. The average molecular weight is 312 g/mol. The minimum Gasteiger partial charge on any atom is -0.342 e. The molecule has 2 atom stereocenters.